The van der Waals surface area contributed by atoms with Crippen molar-refractivity contribution in [3.05, 3.63) is 58.2 Å². The van der Waals surface area contributed by atoms with E-state index in [-0.39, 0.29) is 5.82 Å². The van der Waals surface area contributed by atoms with E-state index in [2.05, 4.69) is 10.1 Å². The second kappa shape index (κ2) is 6.51. The molecule has 5 nitrogen and oxygen atoms in total. The molecule has 0 unspecified atom stereocenters. The molecule has 0 amide bonds. The lowest BCUT2D eigenvalue weighted by Gasteiger charge is -2.12. The van der Waals surface area contributed by atoms with Gasteiger partial charge in [-0.3, -0.25) is 4.68 Å². The van der Waals surface area contributed by atoms with E-state index in [1.165, 1.54) is 23.5 Å². The fourth-order valence-electron chi connectivity index (χ4n) is 2.60. The van der Waals surface area contributed by atoms with Gasteiger partial charge in [-0.15, -0.1) is 11.3 Å². The van der Waals surface area contributed by atoms with Crippen molar-refractivity contribution < 1.29 is 9.50 Å². The van der Waals surface area contributed by atoms with Crippen molar-refractivity contribution in [3.8, 4) is 16.5 Å². The Hall–Kier alpha value is -2.56. The smallest absolute Gasteiger partial charge is 0.162 e. The zero-order valence-corrected chi connectivity index (χ0v) is 14.0. The molecule has 0 saturated heterocycles. The monoisotopic (exact) mass is 342 g/mol. The van der Waals surface area contributed by atoms with Gasteiger partial charge in [0.2, 0.25) is 0 Å². The van der Waals surface area contributed by atoms with Gasteiger partial charge in [0.05, 0.1) is 22.2 Å². The predicted molar refractivity (Wildman–Crippen MR) is 88.9 cm³/mol. The zero-order valence-electron chi connectivity index (χ0n) is 13.2. The van der Waals surface area contributed by atoms with E-state index in [1.807, 2.05) is 6.07 Å². The summed E-state index contributed by atoms with van der Waals surface area (Å²) in [6.45, 7) is 1.61. The van der Waals surface area contributed by atoms with Gasteiger partial charge in [0, 0.05) is 19.2 Å². The number of aliphatic hydroxyl groups is 1. The first-order valence-electron chi connectivity index (χ1n) is 7.33. The van der Waals surface area contributed by atoms with Crippen molar-refractivity contribution in [2.75, 3.05) is 0 Å². The molecule has 24 heavy (non-hydrogen) atoms. The lowest BCUT2D eigenvalue weighted by molar-refractivity contribution is 0.199. The van der Waals surface area contributed by atoms with Crippen LogP contribution in [0.1, 0.15) is 35.7 Å². The number of hydrogen-bond acceptors (Lipinski definition) is 5. The maximum atomic E-state index is 13.5. The number of aryl methyl sites for hydroxylation is 1. The summed E-state index contributed by atoms with van der Waals surface area (Å²) in [4.78, 5) is 5.29. The van der Waals surface area contributed by atoms with Crippen molar-refractivity contribution in [2.24, 2.45) is 7.05 Å². The standard InChI is InChI=1S/C17H15FN4OS/c1-10(23)15-5-11(18)3-4-14(15)17-16(20-9-24-17)7-13-6-12(8-19)21-22(13)2/h3-6,9-10,23H,7H2,1-2H3/t10-/m1/s1. The van der Waals surface area contributed by atoms with Crippen LogP contribution in [-0.2, 0) is 13.5 Å². The van der Waals surface area contributed by atoms with Crippen LogP contribution in [-0.4, -0.2) is 19.9 Å². The van der Waals surface area contributed by atoms with Gasteiger partial charge in [-0.1, -0.05) is 6.07 Å². The molecule has 2 heterocycles. The average molecular weight is 342 g/mol. The topological polar surface area (TPSA) is 74.7 Å². The third-order valence-electron chi connectivity index (χ3n) is 3.79. The predicted octanol–water partition coefficient (Wildman–Crippen LogP) is 3.20. The third kappa shape index (κ3) is 3.07. The summed E-state index contributed by atoms with van der Waals surface area (Å²) in [5, 5.41) is 23.0. The molecule has 0 aliphatic carbocycles. The second-order valence-electron chi connectivity index (χ2n) is 5.47. The van der Waals surface area contributed by atoms with Crippen LogP contribution in [0.4, 0.5) is 4.39 Å². The van der Waals surface area contributed by atoms with Crippen LogP contribution in [0.2, 0.25) is 0 Å². The minimum atomic E-state index is -0.785. The van der Waals surface area contributed by atoms with Crippen molar-refractivity contribution in [1.29, 1.82) is 5.26 Å². The average Bonchev–Trinajstić information content (AvgIpc) is 3.14. The number of aliphatic hydroxyl groups excluding tert-OH is 1. The summed E-state index contributed by atoms with van der Waals surface area (Å²) in [6, 6.07) is 8.14. The molecule has 0 spiro atoms. The van der Waals surface area contributed by atoms with Crippen LogP contribution >= 0.6 is 11.3 Å². The summed E-state index contributed by atoms with van der Waals surface area (Å²) < 4.78 is 15.2. The molecule has 0 radical (unpaired) electrons. The van der Waals surface area contributed by atoms with Crippen molar-refractivity contribution in [3.63, 3.8) is 0 Å². The van der Waals surface area contributed by atoms with E-state index < -0.39 is 6.10 Å². The molecule has 122 valence electrons. The lowest BCUT2D eigenvalue weighted by Crippen LogP contribution is -2.01. The van der Waals surface area contributed by atoms with Gasteiger partial charge in [-0.05, 0) is 36.2 Å². The maximum absolute atomic E-state index is 13.5. The number of thiazole rings is 1. The SMILES string of the molecule is C[C@@H](O)c1cc(F)ccc1-c1scnc1Cc1cc(C#N)nn1C. The van der Waals surface area contributed by atoms with Crippen LogP contribution in [0.25, 0.3) is 10.4 Å². The highest BCUT2D eigenvalue weighted by molar-refractivity contribution is 7.13. The number of nitriles is 1. The van der Waals surface area contributed by atoms with Crippen molar-refractivity contribution in [1.82, 2.24) is 14.8 Å². The molecule has 2 aromatic heterocycles. The number of aromatic nitrogens is 3. The van der Waals surface area contributed by atoms with Crippen LogP contribution < -0.4 is 0 Å². The number of halogens is 1. The van der Waals surface area contributed by atoms with Crippen LogP contribution in [0, 0.1) is 17.1 Å². The Morgan fingerprint density at radius 2 is 2.21 bits per heavy atom. The highest BCUT2D eigenvalue weighted by Gasteiger charge is 2.17. The molecule has 0 aliphatic rings. The quantitative estimate of drug-likeness (QED) is 0.790. The van der Waals surface area contributed by atoms with Crippen molar-refractivity contribution >= 4 is 11.3 Å². The largest absolute Gasteiger partial charge is 0.389 e. The lowest BCUT2D eigenvalue weighted by atomic mass is 10.00. The summed E-state index contributed by atoms with van der Waals surface area (Å²) in [6.07, 6.45) is -0.284. The molecule has 3 aromatic rings. The Morgan fingerprint density at radius 3 is 2.88 bits per heavy atom. The zero-order chi connectivity index (χ0) is 17.3. The first kappa shape index (κ1) is 16.3. The van der Waals surface area contributed by atoms with Crippen LogP contribution in [0.3, 0.4) is 0 Å². The maximum Gasteiger partial charge on any atom is 0.162 e. The normalized spacial score (nSPS) is 12.1. The minimum absolute atomic E-state index is 0.357. The van der Waals surface area contributed by atoms with Gasteiger partial charge in [0.15, 0.2) is 5.69 Å². The van der Waals surface area contributed by atoms with Gasteiger partial charge >= 0.3 is 0 Å². The van der Waals surface area contributed by atoms with E-state index in [0.717, 1.165) is 21.8 Å². The van der Waals surface area contributed by atoms with Gasteiger partial charge < -0.3 is 5.11 Å². The van der Waals surface area contributed by atoms with Gasteiger partial charge in [-0.25, -0.2) is 9.37 Å². The number of benzene rings is 1. The summed E-state index contributed by atoms with van der Waals surface area (Å²) >= 11 is 1.44. The van der Waals surface area contributed by atoms with Gasteiger partial charge in [0.1, 0.15) is 11.9 Å². The number of rotatable bonds is 4. The first-order chi connectivity index (χ1) is 11.5. The fraction of sp³-hybridized carbons (Fsp3) is 0.235. The Morgan fingerprint density at radius 1 is 1.42 bits per heavy atom. The number of nitrogens with zero attached hydrogens (tertiary/aromatic N) is 4. The molecule has 1 aromatic carbocycles. The summed E-state index contributed by atoms with van der Waals surface area (Å²) in [5.41, 5.74) is 5.05. The Labute approximate surface area is 142 Å². The Kier molecular flexibility index (Phi) is 4.42. The number of hydrogen-bond donors (Lipinski definition) is 1. The Balaban J connectivity index is 2.03. The Bertz CT molecular complexity index is 923. The molecular formula is C17H15FN4OS. The van der Waals surface area contributed by atoms with Crippen molar-refractivity contribution in [2.45, 2.75) is 19.4 Å². The second-order valence-corrected chi connectivity index (χ2v) is 6.32. The third-order valence-corrected chi connectivity index (χ3v) is 4.69. The van der Waals surface area contributed by atoms with E-state index in [4.69, 9.17) is 5.26 Å². The van der Waals surface area contributed by atoms with Gasteiger partial charge in [-0.2, -0.15) is 10.4 Å². The molecule has 0 bridgehead atoms. The molecule has 0 saturated carbocycles. The van der Waals surface area contributed by atoms with E-state index in [0.29, 0.717) is 17.7 Å². The summed E-state index contributed by atoms with van der Waals surface area (Å²) in [5.74, 6) is -0.383. The van der Waals surface area contributed by atoms with Crippen LogP contribution in [0.15, 0.2) is 29.8 Å². The van der Waals surface area contributed by atoms with E-state index >= 15 is 0 Å². The molecular weight excluding hydrogens is 327 g/mol. The van der Waals surface area contributed by atoms with Gasteiger partial charge in [0.25, 0.3) is 0 Å². The van der Waals surface area contributed by atoms with E-state index in [1.54, 1.807) is 36.3 Å². The molecule has 0 fully saturated rings. The fourth-order valence-corrected chi connectivity index (χ4v) is 3.46. The first-order valence-corrected chi connectivity index (χ1v) is 8.21. The molecule has 1 N–H and O–H groups in total. The van der Waals surface area contributed by atoms with Crippen LogP contribution in [0.5, 0.6) is 0 Å². The molecule has 1 atom stereocenters. The highest BCUT2D eigenvalue weighted by atomic mass is 32.1. The molecule has 3 rings (SSSR count). The minimum Gasteiger partial charge on any atom is -0.389 e. The molecule has 7 heteroatoms. The highest BCUT2D eigenvalue weighted by Crippen LogP contribution is 2.35. The molecule has 0 aliphatic heterocycles. The summed E-state index contributed by atoms with van der Waals surface area (Å²) in [7, 11) is 1.78. The van der Waals surface area contributed by atoms with E-state index in [9.17, 15) is 9.50 Å².